The fourth-order valence-corrected chi connectivity index (χ4v) is 22.1. The normalized spacial score (nSPS) is 33.3. The molecule has 0 aromatic heterocycles. The number of alkyl carbamates (subject to hydrolysis) is 2. The maximum absolute atomic E-state index is 12.8. The Hall–Kier alpha value is -2.00. The highest BCUT2D eigenvalue weighted by Crippen LogP contribution is 2.69. The van der Waals surface area contributed by atoms with Gasteiger partial charge in [-0.15, -0.1) is 0 Å². The molecule has 0 aliphatic heterocycles. The van der Waals surface area contributed by atoms with Crippen LogP contribution in [-0.2, 0) is 65.1 Å². The molecule has 20 nitrogen and oxygen atoms in total. The van der Waals surface area contributed by atoms with Crippen molar-refractivity contribution in [2.75, 3.05) is 119 Å². The van der Waals surface area contributed by atoms with Gasteiger partial charge in [0.25, 0.3) is 0 Å². The number of phosphoric acid groups is 2. The largest absolute Gasteiger partial charge is 0.472 e. The second-order valence-electron chi connectivity index (χ2n) is 32.9. The maximum atomic E-state index is 12.8. The Labute approximate surface area is 590 Å². The van der Waals surface area contributed by atoms with Crippen molar-refractivity contribution in [3.05, 3.63) is 23.3 Å². The summed E-state index contributed by atoms with van der Waals surface area (Å²) in [6.07, 6.45) is 31.2. The summed E-state index contributed by atoms with van der Waals surface area (Å²) in [5.74, 6) is 9.02. The van der Waals surface area contributed by atoms with Crippen molar-refractivity contribution in [2.45, 2.75) is 230 Å². The van der Waals surface area contributed by atoms with E-state index >= 15 is 0 Å². The van der Waals surface area contributed by atoms with E-state index in [0.717, 1.165) is 110 Å². The lowest BCUT2D eigenvalue weighted by Crippen LogP contribution is -2.51. The van der Waals surface area contributed by atoms with Gasteiger partial charge in [-0.3, -0.25) is 18.1 Å². The number of ether oxygens (including phenoxy) is 8. The van der Waals surface area contributed by atoms with Crippen molar-refractivity contribution in [1.82, 2.24) is 10.6 Å². The van der Waals surface area contributed by atoms with Crippen molar-refractivity contribution in [2.24, 2.45) is 98.6 Å². The average molecular weight is 1430 g/mol. The van der Waals surface area contributed by atoms with E-state index in [9.17, 15) is 28.5 Å². The van der Waals surface area contributed by atoms with Gasteiger partial charge in [0.15, 0.2) is 0 Å². The molecule has 22 heteroatoms. The topological polar surface area (TPSA) is 244 Å². The van der Waals surface area contributed by atoms with Gasteiger partial charge in [-0.2, -0.15) is 0 Å². The fourth-order valence-electron chi connectivity index (χ4n) is 20.4. The first-order valence-electron chi connectivity index (χ1n) is 38.7. The van der Waals surface area contributed by atoms with Gasteiger partial charge in [0, 0.05) is 31.8 Å². The summed E-state index contributed by atoms with van der Waals surface area (Å²) < 4.78 is 90.0. The lowest BCUT2D eigenvalue weighted by atomic mass is 9.47. The van der Waals surface area contributed by atoms with Gasteiger partial charge in [-0.25, -0.2) is 18.7 Å². The molecule has 4 N–H and O–H groups in total. The summed E-state index contributed by atoms with van der Waals surface area (Å²) in [7, 11) is -8.87. The molecule has 8 aliphatic rings. The second-order valence-corrected chi connectivity index (χ2v) is 35.9. The molecule has 8 rings (SSSR count). The number of hydrogen-bond donors (Lipinski definition) is 4. The second kappa shape index (κ2) is 38.8. The third-order valence-corrected chi connectivity index (χ3v) is 27.6. The Morgan fingerprint density at radius 3 is 1.18 bits per heavy atom. The Bertz CT molecular complexity index is 2430. The monoisotopic (exact) mass is 1420 g/mol. The average Bonchev–Trinajstić information content (AvgIpc) is 1.36. The molecule has 0 bridgehead atoms. The minimum absolute atomic E-state index is 0.0148. The van der Waals surface area contributed by atoms with Crippen molar-refractivity contribution in [3.63, 3.8) is 0 Å². The van der Waals surface area contributed by atoms with Crippen LogP contribution in [0, 0.1) is 98.6 Å². The van der Waals surface area contributed by atoms with Gasteiger partial charge in [-0.1, -0.05) is 138 Å². The fraction of sp³-hybridized carbons (Fsp3) is 0.921. The van der Waals surface area contributed by atoms with Crippen LogP contribution < -0.4 is 10.6 Å². The zero-order chi connectivity index (χ0) is 70.6. The van der Waals surface area contributed by atoms with Gasteiger partial charge in [-0.05, 0) is 183 Å². The number of nitrogens with one attached hydrogen (secondary N) is 2. The molecular weight excluding hydrogens is 1290 g/mol. The summed E-state index contributed by atoms with van der Waals surface area (Å²) in [6, 6.07) is 0. The van der Waals surface area contributed by atoms with Gasteiger partial charge in [0.05, 0.1) is 106 Å². The molecule has 6 fully saturated rings. The summed E-state index contributed by atoms with van der Waals surface area (Å²) in [5.41, 5.74) is 4.38. The first-order chi connectivity index (χ1) is 46.8. The molecular formula is C76H134N2O18P2. The van der Waals surface area contributed by atoms with E-state index in [1.807, 2.05) is 0 Å². The molecule has 0 saturated heterocycles. The highest BCUT2D eigenvalue weighted by Gasteiger charge is 2.61. The van der Waals surface area contributed by atoms with Crippen molar-refractivity contribution < 1.29 is 84.5 Å². The highest BCUT2D eigenvalue weighted by molar-refractivity contribution is 7.47. The predicted molar refractivity (Wildman–Crippen MR) is 380 cm³/mol. The van der Waals surface area contributed by atoms with Crippen LogP contribution in [0.4, 0.5) is 9.59 Å². The number of rotatable bonds is 44. The minimum atomic E-state index is -4.43. The van der Waals surface area contributed by atoms with Crippen LogP contribution in [0.25, 0.3) is 0 Å². The molecule has 8 aliphatic carbocycles. The Kier molecular flexibility index (Phi) is 32.4. The van der Waals surface area contributed by atoms with E-state index < -0.39 is 33.7 Å². The lowest BCUT2D eigenvalue weighted by Gasteiger charge is -2.58. The first kappa shape index (κ1) is 81.7. The predicted octanol–water partition coefficient (Wildman–Crippen LogP) is 16.3. The van der Waals surface area contributed by atoms with Crippen LogP contribution in [0.15, 0.2) is 23.3 Å². The van der Waals surface area contributed by atoms with Crippen molar-refractivity contribution in [3.8, 4) is 0 Å². The zero-order valence-corrected chi connectivity index (χ0v) is 64.2. The zero-order valence-electron chi connectivity index (χ0n) is 62.4. The number of carbonyl (C=O) groups is 2. The highest BCUT2D eigenvalue weighted by atomic mass is 31.2. The standard InChI is InChI=1S/C76H134N2O18P2/c1-54(2)14-12-16-57(6)65-22-24-67-63-20-18-59-50-61(26-30-73(59,8)69(63)28-32-75(65,67)10)95-71(79)77-34-36-85-38-40-87-42-44-89-46-48-91-97(81,82)93-52-56(5)53-94-98(83,84)92-49-47-90-45-43-88-41-39-86-37-35-78-72(80)96-62-27-31-74(9)60(51-62)19-21-64-68-25-23-66(58(7)17-13-15-55(3)4)76(68,11)33-29-70(64)74/h18-19,54-58,61-70H,12-17,20-53H2,1-11H3,(H,77,79)(H,78,80)(H,81,82)(H,83,84)/t56?,57?,58?,61-,62-,63?,64?,65?,66?,67?,68?,69?,70?,73-,74-,75+,76+/m1/s1. The number of hydrogen-bond acceptors (Lipinski definition) is 16. The molecule has 566 valence electrons. The molecule has 0 aromatic carbocycles. The van der Waals surface area contributed by atoms with Crippen LogP contribution >= 0.6 is 15.6 Å². The smallest absolute Gasteiger partial charge is 0.446 e. The van der Waals surface area contributed by atoms with Crippen LogP contribution in [0.2, 0.25) is 0 Å². The van der Waals surface area contributed by atoms with Gasteiger partial charge in [0.1, 0.15) is 12.2 Å². The quantitative estimate of drug-likeness (QED) is 0.0252. The number of allylic oxidation sites excluding steroid dienone is 2. The first-order valence-corrected chi connectivity index (χ1v) is 41.7. The molecule has 2 amide bonds. The van der Waals surface area contributed by atoms with Crippen LogP contribution in [0.3, 0.4) is 0 Å². The van der Waals surface area contributed by atoms with E-state index in [2.05, 4.69) is 92.0 Å². The molecule has 0 heterocycles. The third-order valence-electron chi connectivity index (χ3n) is 25.6. The van der Waals surface area contributed by atoms with Crippen LogP contribution in [0.5, 0.6) is 0 Å². The number of carbonyl (C=O) groups excluding carboxylic acids is 2. The van der Waals surface area contributed by atoms with Crippen LogP contribution in [-0.4, -0.2) is 153 Å². The van der Waals surface area contributed by atoms with Gasteiger partial charge in [0.2, 0.25) is 0 Å². The summed E-state index contributed by atoms with van der Waals surface area (Å²) >= 11 is 0. The van der Waals surface area contributed by atoms with E-state index in [1.54, 1.807) is 6.92 Å². The Morgan fingerprint density at radius 2 is 0.816 bits per heavy atom. The molecule has 0 aromatic rings. The SMILES string of the molecule is CC(C)CCCC(C)C1CCC2C3CC=C4C[C@H](OC(=O)NCCOCCOCCOCCOP(=O)(O)OCC(C)COP(=O)(O)OCCOCCOCCOCCNC(=O)O[C@@H]5CC[C@]6(C)C(=CCC7C8CCC(C(C)CCCC(C)C)[C@]8(C)CCC76)C5)CC[C@@]4(C)C3CC[C@@]12C. The number of fused-ring (bicyclic) bond motifs is 10. The number of phosphoric ester groups is 2. The molecule has 18 atom stereocenters. The Balaban J connectivity index is 0.550. The maximum Gasteiger partial charge on any atom is 0.472 e. The minimum Gasteiger partial charge on any atom is -0.446 e. The third kappa shape index (κ3) is 23.0. The molecule has 0 radical (unpaired) electrons. The van der Waals surface area contributed by atoms with E-state index in [0.29, 0.717) is 63.6 Å². The van der Waals surface area contributed by atoms with Crippen LogP contribution in [0.1, 0.15) is 217 Å². The van der Waals surface area contributed by atoms with E-state index in [4.69, 9.17) is 56.0 Å². The van der Waals surface area contributed by atoms with Crippen molar-refractivity contribution in [1.29, 1.82) is 0 Å². The summed E-state index contributed by atoms with van der Waals surface area (Å²) in [6.45, 7) is 29.1. The lowest BCUT2D eigenvalue weighted by molar-refractivity contribution is -0.0581. The van der Waals surface area contributed by atoms with Crippen molar-refractivity contribution >= 4 is 27.8 Å². The molecule has 98 heavy (non-hydrogen) atoms. The molecule has 6 saturated carbocycles. The summed E-state index contributed by atoms with van der Waals surface area (Å²) in [5, 5.41) is 5.70. The number of amides is 2. The van der Waals surface area contributed by atoms with Gasteiger partial charge < -0.3 is 58.3 Å². The molecule has 12 unspecified atom stereocenters. The molecule has 0 spiro atoms. The van der Waals surface area contributed by atoms with E-state index in [-0.39, 0.29) is 89.1 Å². The summed E-state index contributed by atoms with van der Waals surface area (Å²) in [4.78, 5) is 45.8. The van der Waals surface area contributed by atoms with Gasteiger partial charge >= 0.3 is 27.8 Å². The Morgan fingerprint density at radius 1 is 0.459 bits per heavy atom. The van der Waals surface area contributed by atoms with E-state index in [1.165, 1.54) is 114 Å².